The number of benzene rings is 1. The molecule has 1 aliphatic rings. The van der Waals surface area contributed by atoms with Crippen LogP contribution in [0.1, 0.15) is 5.76 Å². The highest BCUT2D eigenvalue weighted by molar-refractivity contribution is 7.89. The Balaban J connectivity index is 1.72. The number of sulfonamides is 1. The molecule has 0 atom stereocenters. The van der Waals surface area contributed by atoms with Crippen LogP contribution in [0.15, 0.2) is 50.8 Å². The third-order valence-electron chi connectivity index (χ3n) is 3.43. The average Bonchev–Trinajstić information content (AvgIpc) is 3.02. The van der Waals surface area contributed by atoms with Crippen molar-refractivity contribution in [3.8, 4) is 11.3 Å². The van der Waals surface area contributed by atoms with Crippen LogP contribution >= 0.6 is 0 Å². The Hall–Kier alpha value is -2.16. The van der Waals surface area contributed by atoms with E-state index in [9.17, 15) is 8.42 Å². The maximum atomic E-state index is 11.2. The molecule has 23 heavy (non-hydrogen) atoms. The molecule has 3 rings (SSSR count). The molecule has 0 saturated carbocycles. The van der Waals surface area contributed by atoms with Gasteiger partial charge in [0.25, 0.3) is 0 Å². The number of hydrogen-bond donors (Lipinski definition) is 1. The Morgan fingerprint density at radius 3 is 2.43 bits per heavy atom. The van der Waals surface area contributed by atoms with Crippen molar-refractivity contribution in [3.05, 3.63) is 42.2 Å². The topological polar surface area (TPSA) is 98.1 Å². The first kappa shape index (κ1) is 15.7. The molecular formula is C15H17N3O4S. The minimum atomic E-state index is -3.69. The van der Waals surface area contributed by atoms with Crippen molar-refractivity contribution in [2.45, 2.75) is 4.90 Å². The van der Waals surface area contributed by atoms with E-state index in [-0.39, 0.29) is 4.90 Å². The summed E-state index contributed by atoms with van der Waals surface area (Å²) in [6, 6.07) is 9.84. The van der Waals surface area contributed by atoms with E-state index < -0.39 is 10.0 Å². The van der Waals surface area contributed by atoms with Gasteiger partial charge in [-0.25, -0.2) is 13.6 Å². The molecule has 1 saturated heterocycles. The monoisotopic (exact) mass is 335 g/mol. The van der Waals surface area contributed by atoms with Gasteiger partial charge in [0.05, 0.1) is 37.4 Å². The zero-order valence-electron chi connectivity index (χ0n) is 12.4. The van der Waals surface area contributed by atoms with Crippen molar-refractivity contribution in [1.82, 2.24) is 5.01 Å². The van der Waals surface area contributed by atoms with Gasteiger partial charge in [0.1, 0.15) is 11.5 Å². The zero-order valence-corrected chi connectivity index (χ0v) is 13.2. The van der Waals surface area contributed by atoms with Gasteiger partial charge < -0.3 is 9.15 Å². The third kappa shape index (κ3) is 3.98. The van der Waals surface area contributed by atoms with Crippen molar-refractivity contribution < 1.29 is 17.6 Å². The summed E-state index contributed by atoms with van der Waals surface area (Å²) in [6.45, 7) is 2.88. The molecule has 0 radical (unpaired) electrons. The molecule has 2 aromatic rings. The summed E-state index contributed by atoms with van der Waals surface area (Å²) in [5.74, 6) is 1.26. The number of hydrogen-bond acceptors (Lipinski definition) is 6. The minimum Gasteiger partial charge on any atom is -0.455 e. The fourth-order valence-electron chi connectivity index (χ4n) is 2.19. The van der Waals surface area contributed by atoms with Crippen LogP contribution in [0.25, 0.3) is 11.3 Å². The summed E-state index contributed by atoms with van der Waals surface area (Å²) in [6.07, 6.45) is 1.66. The maximum Gasteiger partial charge on any atom is 0.238 e. The molecule has 1 aromatic carbocycles. The van der Waals surface area contributed by atoms with Crippen LogP contribution in [-0.4, -0.2) is 45.9 Å². The van der Waals surface area contributed by atoms with Crippen LogP contribution in [0.5, 0.6) is 0 Å². The molecule has 1 aromatic heterocycles. The number of rotatable bonds is 4. The Kier molecular flexibility index (Phi) is 4.46. The first-order valence-corrected chi connectivity index (χ1v) is 8.67. The molecule has 1 fully saturated rings. The highest BCUT2D eigenvalue weighted by Crippen LogP contribution is 2.23. The predicted octanol–water partition coefficient (Wildman–Crippen LogP) is 1.26. The summed E-state index contributed by atoms with van der Waals surface area (Å²) < 4.78 is 33.4. The fourth-order valence-corrected chi connectivity index (χ4v) is 2.71. The second-order valence-electron chi connectivity index (χ2n) is 5.08. The molecule has 7 nitrogen and oxygen atoms in total. The van der Waals surface area contributed by atoms with E-state index in [1.54, 1.807) is 18.3 Å². The van der Waals surface area contributed by atoms with E-state index >= 15 is 0 Å². The zero-order chi connectivity index (χ0) is 16.3. The van der Waals surface area contributed by atoms with Crippen LogP contribution in [0.2, 0.25) is 0 Å². The molecule has 2 heterocycles. The second kappa shape index (κ2) is 6.53. The van der Waals surface area contributed by atoms with Crippen LogP contribution in [0.3, 0.4) is 0 Å². The van der Waals surface area contributed by atoms with Crippen molar-refractivity contribution in [3.63, 3.8) is 0 Å². The van der Waals surface area contributed by atoms with Crippen LogP contribution in [0.4, 0.5) is 0 Å². The molecule has 0 spiro atoms. The lowest BCUT2D eigenvalue weighted by atomic mass is 10.2. The maximum absolute atomic E-state index is 11.2. The van der Waals surface area contributed by atoms with Gasteiger partial charge in [-0.05, 0) is 36.4 Å². The molecule has 122 valence electrons. The van der Waals surface area contributed by atoms with Gasteiger partial charge in [-0.3, -0.25) is 5.01 Å². The van der Waals surface area contributed by atoms with Gasteiger partial charge in [-0.2, -0.15) is 5.10 Å². The van der Waals surface area contributed by atoms with Crippen LogP contribution in [-0.2, 0) is 14.8 Å². The lowest BCUT2D eigenvalue weighted by molar-refractivity contribution is 0.0396. The number of nitrogens with zero attached hydrogens (tertiary/aromatic N) is 2. The number of hydrazone groups is 1. The summed E-state index contributed by atoms with van der Waals surface area (Å²) in [5, 5.41) is 11.3. The van der Waals surface area contributed by atoms with Crippen LogP contribution in [0, 0.1) is 0 Å². The average molecular weight is 335 g/mol. The van der Waals surface area contributed by atoms with E-state index in [0.717, 1.165) is 18.7 Å². The van der Waals surface area contributed by atoms with Crippen molar-refractivity contribution in [2.24, 2.45) is 10.2 Å². The van der Waals surface area contributed by atoms with E-state index in [1.165, 1.54) is 12.1 Å². The highest BCUT2D eigenvalue weighted by atomic mass is 32.2. The number of furan rings is 1. The summed E-state index contributed by atoms with van der Waals surface area (Å²) in [4.78, 5) is 0.0712. The summed E-state index contributed by atoms with van der Waals surface area (Å²) in [7, 11) is -3.69. The first-order valence-electron chi connectivity index (χ1n) is 7.12. The molecular weight excluding hydrogens is 318 g/mol. The lowest BCUT2D eigenvalue weighted by Crippen LogP contribution is -2.32. The largest absolute Gasteiger partial charge is 0.455 e. The Morgan fingerprint density at radius 1 is 1.09 bits per heavy atom. The van der Waals surface area contributed by atoms with E-state index in [2.05, 4.69) is 5.10 Å². The van der Waals surface area contributed by atoms with Gasteiger partial charge >= 0.3 is 0 Å². The Bertz CT molecular complexity index is 790. The molecule has 0 aliphatic carbocycles. The number of ether oxygens (including phenoxy) is 1. The van der Waals surface area contributed by atoms with E-state index in [1.807, 2.05) is 17.1 Å². The Morgan fingerprint density at radius 2 is 1.78 bits per heavy atom. The van der Waals surface area contributed by atoms with Crippen molar-refractivity contribution >= 4 is 16.2 Å². The van der Waals surface area contributed by atoms with Gasteiger partial charge in [0, 0.05) is 5.56 Å². The lowest BCUT2D eigenvalue weighted by Gasteiger charge is -2.23. The predicted molar refractivity (Wildman–Crippen MR) is 85.5 cm³/mol. The SMILES string of the molecule is NS(=O)(=O)c1ccc(-c2ccc(/C=N\N3CCOCC3)o2)cc1. The first-order chi connectivity index (χ1) is 11.0. The summed E-state index contributed by atoms with van der Waals surface area (Å²) >= 11 is 0. The minimum absolute atomic E-state index is 0.0712. The number of nitrogens with two attached hydrogens (primary N) is 1. The summed E-state index contributed by atoms with van der Waals surface area (Å²) in [5.41, 5.74) is 0.767. The van der Waals surface area contributed by atoms with E-state index in [4.69, 9.17) is 14.3 Å². The van der Waals surface area contributed by atoms with E-state index in [0.29, 0.717) is 24.7 Å². The van der Waals surface area contributed by atoms with Crippen molar-refractivity contribution in [1.29, 1.82) is 0 Å². The standard InChI is InChI=1S/C15H17N3O4S/c16-23(19,20)14-4-1-12(2-5-14)15-6-3-13(22-15)11-17-18-7-9-21-10-8-18/h1-6,11H,7-10H2,(H2,16,19,20)/b17-11-. The third-order valence-corrected chi connectivity index (χ3v) is 4.36. The van der Waals surface area contributed by atoms with Gasteiger partial charge in [0.2, 0.25) is 10.0 Å². The molecule has 0 amide bonds. The fraction of sp³-hybridized carbons (Fsp3) is 0.267. The number of morpholine rings is 1. The van der Waals surface area contributed by atoms with Gasteiger partial charge in [-0.15, -0.1) is 0 Å². The van der Waals surface area contributed by atoms with Crippen molar-refractivity contribution in [2.75, 3.05) is 26.3 Å². The van der Waals surface area contributed by atoms with Gasteiger partial charge in [-0.1, -0.05) is 0 Å². The molecule has 1 aliphatic heterocycles. The normalized spacial score (nSPS) is 16.1. The molecule has 8 heteroatoms. The number of primary sulfonamides is 1. The highest BCUT2D eigenvalue weighted by Gasteiger charge is 2.10. The molecule has 0 bridgehead atoms. The Labute approximate surface area is 134 Å². The molecule has 2 N–H and O–H groups in total. The second-order valence-corrected chi connectivity index (χ2v) is 6.64. The van der Waals surface area contributed by atoms with Crippen LogP contribution < -0.4 is 5.14 Å². The quantitative estimate of drug-likeness (QED) is 0.848. The van der Waals surface area contributed by atoms with Gasteiger partial charge in [0.15, 0.2) is 0 Å². The smallest absolute Gasteiger partial charge is 0.238 e. The molecule has 0 unspecified atom stereocenters.